The van der Waals surface area contributed by atoms with E-state index in [-0.39, 0.29) is 18.8 Å². The van der Waals surface area contributed by atoms with E-state index in [9.17, 15) is 13.6 Å². The van der Waals surface area contributed by atoms with Crippen molar-refractivity contribution in [2.24, 2.45) is 5.92 Å². The number of halogens is 2. The number of carbonyl (C=O) groups is 1. The lowest BCUT2D eigenvalue weighted by Gasteiger charge is -2.15. The average Bonchev–Trinajstić information content (AvgIpc) is 2.95. The van der Waals surface area contributed by atoms with Gasteiger partial charge in [-0.2, -0.15) is 0 Å². The Morgan fingerprint density at radius 2 is 2.11 bits per heavy atom. The molecule has 0 radical (unpaired) electrons. The molecule has 1 unspecified atom stereocenters. The van der Waals surface area contributed by atoms with Crippen LogP contribution in [0.25, 0.3) is 0 Å². The Hall–Kier alpha value is -1.45. The van der Waals surface area contributed by atoms with Crippen molar-refractivity contribution in [1.29, 1.82) is 0 Å². The van der Waals surface area contributed by atoms with Gasteiger partial charge in [-0.25, -0.2) is 8.78 Å². The summed E-state index contributed by atoms with van der Waals surface area (Å²) in [5.41, 5.74) is 1.73. The van der Waals surface area contributed by atoms with Gasteiger partial charge in [-0.05, 0) is 30.5 Å². The van der Waals surface area contributed by atoms with Crippen LogP contribution in [-0.4, -0.2) is 18.3 Å². The third-order valence-corrected chi connectivity index (χ3v) is 3.64. The number of ether oxygens (including phenoxy) is 1. The second-order valence-corrected chi connectivity index (χ2v) is 5.07. The van der Waals surface area contributed by atoms with Crippen molar-refractivity contribution >= 4 is 5.78 Å². The van der Waals surface area contributed by atoms with Crippen molar-refractivity contribution in [3.63, 3.8) is 0 Å². The molecule has 1 fully saturated rings. The number of fused-ring (bicyclic) bond motifs is 1. The minimum absolute atomic E-state index is 0.0278. The Balaban J connectivity index is 1.70. The second-order valence-electron chi connectivity index (χ2n) is 5.07. The van der Waals surface area contributed by atoms with Crippen molar-refractivity contribution in [3.8, 4) is 5.75 Å². The molecule has 96 valence electrons. The minimum Gasteiger partial charge on any atom is -0.493 e. The summed E-state index contributed by atoms with van der Waals surface area (Å²) in [5, 5.41) is 0. The Morgan fingerprint density at radius 1 is 1.33 bits per heavy atom. The molecule has 1 aromatic carbocycles. The molecule has 2 nitrogen and oxygen atoms in total. The van der Waals surface area contributed by atoms with Gasteiger partial charge in [0, 0.05) is 18.4 Å². The van der Waals surface area contributed by atoms with Crippen LogP contribution in [0.5, 0.6) is 5.75 Å². The molecule has 4 heteroatoms. The molecule has 0 N–H and O–H groups in total. The van der Waals surface area contributed by atoms with Gasteiger partial charge < -0.3 is 4.74 Å². The molecule has 2 aliphatic carbocycles. The van der Waals surface area contributed by atoms with E-state index in [0.717, 1.165) is 18.4 Å². The highest BCUT2D eigenvalue weighted by Crippen LogP contribution is 2.48. The van der Waals surface area contributed by atoms with Crippen molar-refractivity contribution in [2.75, 3.05) is 6.61 Å². The number of alkyl halides is 2. The molecule has 0 aromatic heterocycles. The Kier molecular flexibility index (Phi) is 2.61. The van der Waals surface area contributed by atoms with Gasteiger partial charge in [-0.3, -0.25) is 4.79 Å². The fraction of sp³-hybridized carbons (Fsp3) is 0.500. The van der Waals surface area contributed by atoms with Crippen LogP contribution in [0, 0.1) is 5.92 Å². The number of rotatable bonds is 3. The molecule has 1 aromatic rings. The summed E-state index contributed by atoms with van der Waals surface area (Å²) in [7, 11) is 0. The van der Waals surface area contributed by atoms with E-state index >= 15 is 0 Å². The third kappa shape index (κ3) is 2.11. The van der Waals surface area contributed by atoms with Gasteiger partial charge in [0.15, 0.2) is 5.78 Å². The van der Waals surface area contributed by atoms with Gasteiger partial charge >= 0.3 is 0 Å². The molecule has 3 rings (SSSR count). The zero-order chi connectivity index (χ0) is 12.8. The van der Waals surface area contributed by atoms with E-state index in [1.165, 1.54) is 0 Å². The molecular weight excluding hydrogens is 238 g/mol. The molecule has 0 aliphatic heterocycles. The predicted octanol–water partition coefficient (Wildman–Crippen LogP) is 3.24. The smallest absolute Gasteiger partial charge is 0.255 e. The maximum atomic E-state index is 12.7. The maximum absolute atomic E-state index is 12.7. The van der Waals surface area contributed by atoms with Crippen molar-refractivity contribution < 1.29 is 18.3 Å². The second kappa shape index (κ2) is 4.04. The Bertz CT molecular complexity index is 497. The standard InChI is InChI=1S/C14H14F2O2/c15-14(16)7-10(14)8-18-11-5-4-9-2-1-3-13(17)12(9)6-11/h4-6,10H,1-3,7-8H2. The van der Waals surface area contributed by atoms with E-state index in [4.69, 9.17) is 4.74 Å². The van der Waals surface area contributed by atoms with E-state index < -0.39 is 11.8 Å². The first kappa shape index (κ1) is 11.6. The summed E-state index contributed by atoms with van der Waals surface area (Å²) in [4.78, 5) is 11.7. The SMILES string of the molecule is O=C1CCCc2ccc(OCC3CC3(F)F)cc21. The predicted molar refractivity (Wildman–Crippen MR) is 62.3 cm³/mol. The van der Waals surface area contributed by atoms with Crippen LogP contribution in [0.1, 0.15) is 35.2 Å². The first-order valence-electron chi connectivity index (χ1n) is 6.23. The molecule has 1 saturated carbocycles. The summed E-state index contributed by atoms with van der Waals surface area (Å²) in [6.07, 6.45) is 2.27. The Morgan fingerprint density at radius 3 is 2.83 bits per heavy atom. The van der Waals surface area contributed by atoms with E-state index in [1.54, 1.807) is 12.1 Å². The van der Waals surface area contributed by atoms with Crippen LogP contribution >= 0.6 is 0 Å². The molecule has 0 saturated heterocycles. The largest absolute Gasteiger partial charge is 0.493 e. The fourth-order valence-corrected chi connectivity index (χ4v) is 2.34. The maximum Gasteiger partial charge on any atom is 0.255 e. The first-order chi connectivity index (χ1) is 8.56. The van der Waals surface area contributed by atoms with Crippen molar-refractivity contribution in [1.82, 2.24) is 0 Å². The molecule has 2 aliphatic rings. The zero-order valence-electron chi connectivity index (χ0n) is 9.92. The lowest BCUT2D eigenvalue weighted by atomic mass is 9.90. The third-order valence-electron chi connectivity index (χ3n) is 3.64. The normalized spacial score (nSPS) is 24.6. The van der Waals surface area contributed by atoms with E-state index in [2.05, 4.69) is 0 Å². The van der Waals surface area contributed by atoms with Crippen LogP contribution < -0.4 is 4.74 Å². The number of carbonyl (C=O) groups excluding carboxylic acids is 1. The molecular formula is C14H14F2O2. The van der Waals surface area contributed by atoms with Crippen LogP contribution in [0.3, 0.4) is 0 Å². The Labute approximate surface area is 104 Å². The summed E-state index contributed by atoms with van der Waals surface area (Å²) in [6, 6.07) is 5.32. The summed E-state index contributed by atoms with van der Waals surface area (Å²) in [5.74, 6) is -2.57. The lowest BCUT2D eigenvalue weighted by molar-refractivity contribution is 0.0853. The average molecular weight is 252 g/mol. The first-order valence-corrected chi connectivity index (χ1v) is 6.23. The van der Waals surface area contributed by atoms with Crippen molar-refractivity contribution in [3.05, 3.63) is 29.3 Å². The number of Topliss-reactive ketones (excluding diaryl/α,β-unsaturated/α-hetero) is 1. The summed E-state index contributed by atoms with van der Waals surface area (Å²) in [6.45, 7) is 0.0278. The van der Waals surface area contributed by atoms with Crippen LogP contribution in [0.2, 0.25) is 0 Å². The summed E-state index contributed by atoms with van der Waals surface area (Å²) >= 11 is 0. The molecule has 18 heavy (non-hydrogen) atoms. The van der Waals surface area contributed by atoms with Crippen LogP contribution in [0.15, 0.2) is 18.2 Å². The molecule has 0 amide bonds. The topological polar surface area (TPSA) is 26.3 Å². The van der Waals surface area contributed by atoms with Crippen molar-refractivity contribution in [2.45, 2.75) is 31.6 Å². The molecule has 0 heterocycles. The quantitative estimate of drug-likeness (QED) is 0.825. The monoisotopic (exact) mass is 252 g/mol. The number of aryl methyl sites for hydroxylation is 1. The van der Waals surface area contributed by atoms with Crippen LogP contribution in [0.4, 0.5) is 8.78 Å². The van der Waals surface area contributed by atoms with Gasteiger partial charge in [0.05, 0.1) is 12.5 Å². The fourth-order valence-electron chi connectivity index (χ4n) is 2.34. The van der Waals surface area contributed by atoms with Gasteiger partial charge in [0.2, 0.25) is 0 Å². The van der Waals surface area contributed by atoms with E-state index in [0.29, 0.717) is 17.7 Å². The molecule has 1 atom stereocenters. The van der Waals surface area contributed by atoms with Gasteiger partial charge in [-0.15, -0.1) is 0 Å². The van der Waals surface area contributed by atoms with Crippen LogP contribution in [-0.2, 0) is 6.42 Å². The highest BCUT2D eigenvalue weighted by molar-refractivity contribution is 5.98. The molecule has 0 spiro atoms. The zero-order valence-corrected chi connectivity index (χ0v) is 9.92. The van der Waals surface area contributed by atoms with Gasteiger partial charge in [0.1, 0.15) is 5.75 Å². The number of ketones is 1. The highest BCUT2D eigenvalue weighted by Gasteiger charge is 2.57. The minimum atomic E-state index is -2.55. The number of hydrogen-bond acceptors (Lipinski definition) is 2. The number of benzene rings is 1. The van der Waals surface area contributed by atoms with Gasteiger partial charge in [0.25, 0.3) is 5.92 Å². The van der Waals surface area contributed by atoms with E-state index in [1.807, 2.05) is 6.07 Å². The summed E-state index contributed by atoms with van der Waals surface area (Å²) < 4.78 is 30.7. The van der Waals surface area contributed by atoms with Gasteiger partial charge in [-0.1, -0.05) is 6.07 Å². The molecule has 0 bridgehead atoms. The number of hydrogen-bond donors (Lipinski definition) is 0. The highest BCUT2D eigenvalue weighted by atomic mass is 19.3. The lowest BCUT2D eigenvalue weighted by Crippen LogP contribution is -2.11.